The molecule has 29 heavy (non-hydrogen) atoms. The first-order valence-electron chi connectivity index (χ1n) is 8.92. The molecule has 0 fully saturated rings. The van der Waals surface area contributed by atoms with Crippen LogP contribution in [-0.2, 0) is 0 Å². The van der Waals surface area contributed by atoms with Gasteiger partial charge in [-0.25, -0.2) is 4.79 Å². The molecule has 3 aromatic carbocycles. The third-order valence-corrected chi connectivity index (χ3v) is 4.56. The van der Waals surface area contributed by atoms with E-state index in [1.54, 1.807) is 54.6 Å². The Morgan fingerprint density at radius 2 is 1.72 bits per heavy atom. The second-order valence-corrected chi connectivity index (χ2v) is 6.47. The van der Waals surface area contributed by atoms with Crippen molar-refractivity contribution >= 4 is 17.8 Å². The lowest BCUT2D eigenvalue weighted by molar-refractivity contribution is 0.0734. The molecule has 0 aliphatic carbocycles. The molecular formula is C23H14O6. The smallest absolute Gasteiger partial charge is 0.343 e. The lowest BCUT2D eigenvalue weighted by Crippen LogP contribution is -2.08. The van der Waals surface area contributed by atoms with E-state index >= 15 is 0 Å². The van der Waals surface area contributed by atoms with Crippen LogP contribution in [0.1, 0.15) is 26.3 Å². The van der Waals surface area contributed by atoms with E-state index in [-0.39, 0.29) is 18.3 Å². The molecule has 0 amide bonds. The number of carbonyl (C=O) groups excluding carboxylic acids is 2. The minimum Gasteiger partial charge on any atom is -0.454 e. The van der Waals surface area contributed by atoms with Gasteiger partial charge in [-0.05, 0) is 48.0 Å². The third-order valence-electron chi connectivity index (χ3n) is 4.56. The van der Waals surface area contributed by atoms with Gasteiger partial charge in [-0.1, -0.05) is 24.3 Å². The second-order valence-electron chi connectivity index (χ2n) is 6.47. The molecule has 0 saturated carbocycles. The summed E-state index contributed by atoms with van der Waals surface area (Å²) in [7, 11) is 0. The summed E-state index contributed by atoms with van der Waals surface area (Å²) in [6.07, 6.45) is 1.64. The largest absolute Gasteiger partial charge is 0.454 e. The average molecular weight is 386 g/mol. The van der Waals surface area contributed by atoms with Gasteiger partial charge in [-0.3, -0.25) is 4.79 Å². The number of esters is 1. The van der Waals surface area contributed by atoms with Crippen molar-refractivity contribution < 1.29 is 28.5 Å². The van der Waals surface area contributed by atoms with Gasteiger partial charge in [0.25, 0.3) is 0 Å². The lowest BCUT2D eigenvalue weighted by Gasteiger charge is -2.05. The summed E-state index contributed by atoms with van der Waals surface area (Å²) in [5.41, 5.74) is 1.60. The highest BCUT2D eigenvalue weighted by Gasteiger charge is 2.28. The van der Waals surface area contributed by atoms with Crippen molar-refractivity contribution in [3.8, 4) is 23.0 Å². The molecule has 142 valence electrons. The number of hydrogen-bond acceptors (Lipinski definition) is 6. The number of rotatable bonds is 3. The van der Waals surface area contributed by atoms with Gasteiger partial charge >= 0.3 is 5.97 Å². The van der Waals surface area contributed by atoms with Crippen LogP contribution in [0.25, 0.3) is 6.08 Å². The van der Waals surface area contributed by atoms with Gasteiger partial charge in [-0.2, -0.15) is 0 Å². The van der Waals surface area contributed by atoms with E-state index in [0.717, 1.165) is 5.56 Å². The first-order chi connectivity index (χ1) is 14.2. The molecule has 6 nitrogen and oxygen atoms in total. The van der Waals surface area contributed by atoms with Gasteiger partial charge in [0.1, 0.15) is 11.5 Å². The maximum Gasteiger partial charge on any atom is 0.343 e. The molecule has 2 heterocycles. The summed E-state index contributed by atoms with van der Waals surface area (Å²) < 4.78 is 21.7. The van der Waals surface area contributed by atoms with Crippen molar-refractivity contribution in [2.24, 2.45) is 0 Å². The molecular weight excluding hydrogens is 372 g/mol. The van der Waals surface area contributed by atoms with E-state index in [1.165, 1.54) is 6.07 Å². The van der Waals surface area contributed by atoms with Crippen LogP contribution in [0, 0.1) is 0 Å². The number of benzene rings is 3. The number of carbonyl (C=O) groups is 2. The Kier molecular flexibility index (Phi) is 4.02. The van der Waals surface area contributed by atoms with Gasteiger partial charge in [-0.15, -0.1) is 0 Å². The van der Waals surface area contributed by atoms with Crippen LogP contribution in [0.5, 0.6) is 23.0 Å². The Hall–Kier alpha value is -4.06. The molecule has 0 radical (unpaired) electrons. The van der Waals surface area contributed by atoms with E-state index in [0.29, 0.717) is 34.1 Å². The zero-order chi connectivity index (χ0) is 19.8. The zero-order valence-electron chi connectivity index (χ0n) is 15.1. The van der Waals surface area contributed by atoms with E-state index in [9.17, 15) is 9.59 Å². The SMILES string of the molecule is O=C(Oc1ccc2c(c1)O/C(=C/c1ccc3c(c1)OCO3)C2=O)c1ccccc1. The first kappa shape index (κ1) is 17.1. The molecule has 0 atom stereocenters. The number of fused-ring (bicyclic) bond motifs is 2. The molecule has 3 aromatic rings. The molecule has 2 aliphatic heterocycles. The summed E-state index contributed by atoms with van der Waals surface area (Å²) in [5, 5.41) is 0. The third kappa shape index (κ3) is 3.21. The highest BCUT2D eigenvalue weighted by molar-refractivity contribution is 6.14. The molecule has 0 saturated heterocycles. The van der Waals surface area contributed by atoms with Crippen molar-refractivity contribution in [1.82, 2.24) is 0 Å². The van der Waals surface area contributed by atoms with Crippen molar-refractivity contribution in [2.45, 2.75) is 0 Å². The van der Waals surface area contributed by atoms with Crippen LogP contribution in [0.3, 0.4) is 0 Å². The number of ether oxygens (including phenoxy) is 4. The molecule has 2 aliphatic rings. The molecule has 5 rings (SSSR count). The van der Waals surface area contributed by atoms with Crippen LogP contribution in [-0.4, -0.2) is 18.5 Å². The fourth-order valence-electron chi connectivity index (χ4n) is 3.13. The van der Waals surface area contributed by atoms with E-state index in [1.807, 2.05) is 12.1 Å². The summed E-state index contributed by atoms with van der Waals surface area (Å²) in [4.78, 5) is 24.8. The Bertz CT molecular complexity index is 1160. The molecule has 0 N–H and O–H groups in total. The summed E-state index contributed by atoms with van der Waals surface area (Å²) in [6.45, 7) is 0.181. The fourth-order valence-corrected chi connectivity index (χ4v) is 3.13. The fraction of sp³-hybridized carbons (Fsp3) is 0.0435. The molecule has 0 unspecified atom stereocenters. The van der Waals surface area contributed by atoms with Crippen LogP contribution >= 0.6 is 0 Å². The van der Waals surface area contributed by atoms with E-state index < -0.39 is 5.97 Å². The summed E-state index contributed by atoms with van der Waals surface area (Å²) in [5.74, 6) is 1.40. The Balaban J connectivity index is 1.37. The first-order valence-corrected chi connectivity index (χ1v) is 8.92. The predicted molar refractivity (Wildman–Crippen MR) is 103 cm³/mol. The molecule has 6 heteroatoms. The van der Waals surface area contributed by atoms with E-state index in [2.05, 4.69) is 0 Å². The topological polar surface area (TPSA) is 71.1 Å². The summed E-state index contributed by atoms with van der Waals surface area (Å²) in [6, 6.07) is 18.7. The van der Waals surface area contributed by atoms with Crippen molar-refractivity contribution in [3.05, 3.63) is 89.2 Å². The average Bonchev–Trinajstić information content (AvgIpc) is 3.33. The minimum absolute atomic E-state index is 0.181. The Morgan fingerprint density at radius 3 is 2.59 bits per heavy atom. The molecule has 0 aromatic heterocycles. The zero-order valence-corrected chi connectivity index (χ0v) is 15.1. The maximum absolute atomic E-state index is 12.6. The number of allylic oxidation sites excluding steroid dienone is 1. The Morgan fingerprint density at radius 1 is 0.897 bits per heavy atom. The highest BCUT2D eigenvalue weighted by Crippen LogP contribution is 2.37. The van der Waals surface area contributed by atoms with Crippen molar-refractivity contribution in [3.63, 3.8) is 0 Å². The van der Waals surface area contributed by atoms with Crippen LogP contribution in [0.15, 0.2) is 72.5 Å². The normalized spacial score (nSPS) is 15.2. The Labute approximate surface area is 165 Å². The van der Waals surface area contributed by atoms with Crippen molar-refractivity contribution in [2.75, 3.05) is 6.79 Å². The van der Waals surface area contributed by atoms with E-state index in [4.69, 9.17) is 18.9 Å². The highest BCUT2D eigenvalue weighted by atomic mass is 16.7. The van der Waals surface area contributed by atoms with Gasteiger partial charge in [0.2, 0.25) is 12.6 Å². The number of hydrogen-bond donors (Lipinski definition) is 0. The quantitative estimate of drug-likeness (QED) is 0.381. The van der Waals surface area contributed by atoms with Crippen molar-refractivity contribution in [1.29, 1.82) is 0 Å². The van der Waals surface area contributed by atoms with Gasteiger partial charge in [0, 0.05) is 6.07 Å². The second kappa shape index (κ2) is 6.83. The standard InChI is InChI=1S/C23H14O6/c24-22-17-8-7-16(28-23(25)15-4-2-1-3-5-15)12-19(17)29-21(22)11-14-6-9-18-20(10-14)27-13-26-18/h1-12H,13H2/b21-11+. The van der Waals surface area contributed by atoms with Gasteiger partial charge < -0.3 is 18.9 Å². The number of ketones is 1. The number of Topliss-reactive ketones (excluding diaryl/α,β-unsaturated/α-hetero) is 1. The molecule has 0 bridgehead atoms. The van der Waals surface area contributed by atoms with Gasteiger partial charge in [0.15, 0.2) is 17.3 Å². The van der Waals surface area contributed by atoms with Gasteiger partial charge in [0.05, 0.1) is 11.1 Å². The van der Waals surface area contributed by atoms with Crippen LogP contribution < -0.4 is 18.9 Å². The maximum atomic E-state index is 12.6. The predicted octanol–water partition coefficient (Wildman–Crippen LogP) is 4.25. The minimum atomic E-state index is -0.481. The summed E-state index contributed by atoms with van der Waals surface area (Å²) >= 11 is 0. The molecule has 0 spiro atoms. The monoisotopic (exact) mass is 386 g/mol. The lowest BCUT2D eigenvalue weighted by atomic mass is 10.1. The van der Waals surface area contributed by atoms with Crippen LogP contribution in [0.4, 0.5) is 0 Å². The van der Waals surface area contributed by atoms with Crippen LogP contribution in [0.2, 0.25) is 0 Å².